The van der Waals surface area contributed by atoms with Crippen LogP contribution in [0.15, 0.2) is 60.0 Å². The molecular formula is C22H26S2. The zero-order chi connectivity index (χ0) is 17.4. The van der Waals surface area contributed by atoms with Crippen LogP contribution < -0.4 is 0 Å². The summed E-state index contributed by atoms with van der Waals surface area (Å²) in [7, 11) is 0. The second-order valence-corrected chi connectivity index (χ2v) is 7.29. The Morgan fingerprint density at radius 2 is 1.46 bits per heavy atom. The van der Waals surface area contributed by atoms with E-state index in [1.54, 1.807) is 0 Å². The molecule has 0 fully saturated rings. The average Bonchev–Trinajstić information content (AvgIpc) is 3.27. The molecule has 0 aliphatic carbocycles. The summed E-state index contributed by atoms with van der Waals surface area (Å²) in [6.07, 6.45) is 2.30. The SMILES string of the molecule is CC.CCc1cc2ccccc2s1.CCc1csc2ccccc12. The maximum Gasteiger partial charge on any atom is 0.0345 e. The molecule has 0 unspecified atom stereocenters. The lowest BCUT2D eigenvalue weighted by Crippen LogP contribution is -1.72. The third kappa shape index (κ3) is 4.46. The van der Waals surface area contributed by atoms with E-state index in [4.69, 9.17) is 0 Å². The standard InChI is InChI=1S/2C10H10S.C2H6/c1-2-9-7-8-5-3-4-6-10(8)11-9;1-2-8-7-11-10-6-4-3-5-9(8)10;1-2/h2*3-7H,2H2,1H3;1-2H3. The predicted molar refractivity (Wildman–Crippen MR) is 114 cm³/mol. The lowest BCUT2D eigenvalue weighted by molar-refractivity contribution is 1.17. The number of rotatable bonds is 2. The van der Waals surface area contributed by atoms with Crippen LogP contribution in [0.2, 0.25) is 0 Å². The second kappa shape index (κ2) is 9.61. The van der Waals surface area contributed by atoms with E-state index in [1.165, 1.54) is 30.6 Å². The number of fused-ring (bicyclic) bond motifs is 2. The van der Waals surface area contributed by atoms with E-state index in [2.05, 4.69) is 73.8 Å². The van der Waals surface area contributed by atoms with Gasteiger partial charge in [-0.1, -0.05) is 64.1 Å². The van der Waals surface area contributed by atoms with E-state index in [0.717, 1.165) is 12.8 Å². The van der Waals surface area contributed by atoms with Crippen molar-refractivity contribution in [1.29, 1.82) is 0 Å². The summed E-state index contributed by atoms with van der Waals surface area (Å²) in [6.45, 7) is 8.40. The smallest absolute Gasteiger partial charge is 0.0345 e. The molecule has 2 heterocycles. The van der Waals surface area contributed by atoms with Crippen molar-refractivity contribution in [2.45, 2.75) is 40.5 Å². The summed E-state index contributed by atoms with van der Waals surface area (Å²) >= 11 is 3.74. The molecule has 0 amide bonds. The van der Waals surface area contributed by atoms with Gasteiger partial charge in [-0.2, -0.15) is 0 Å². The topological polar surface area (TPSA) is 0 Å². The molecule has 2 aromatic heterocycles. The normalized spacial score (nSPS) is 10.0. The van der Waals surface area contributed by atoms with Crippen molar-refractivity contribution < 1.29 is 0 Å². The third-order valence-electron chi connectivity index (χ3n) is 3.77. The van der Waals surface area contributed by atoms with Crippen LogP contribution in [0.1, 0.15) is 38.1 Å². The maximum absolute atomic E-state index is 2.28. The molecule has 0 bridgehead atoms. The number of hydrogen-bond acceptors (Lipinski definition) is 2. The van der Waals surface area contributed by atoms with E-state index in [9.17, 15) is 0 Å². The molecular weight excluding hydrogens is 328 g/mol. The first-order valence-corrected chi connectivity index (χ1v) is 10.4. The molecule has 0 N–H and O–H groups in total. The molecule has 0 radical (unpaired) electrons. The van der Waals surface area contributed by atoms with Gasteiger partial charge in [0.05, 0.1) is 0 Å². The summed E-state index contributed by atoms with van der Waals surface area (Å²) in [6, 6.07) is 19.4. The first-order valence-electron chi connectivity index (χ1n) is 8.74. The molecule has 2 aromatic carbocycles. The van der Waals surface area contributed by atoms with Gasteiger partial charge in [0.15, 0.2) is 0 Å². The van der Waals surface area contributed by atoms with Gasteiger partial charge in [-0.25, -0.2) is 0 Å². The van der Waals surface area contributed by atoms with E-state index < -0.39 is 0 Å². The molecule has 126 valence electrons. The van der Waals surface area contributed by atoms with Gasteiger partial charge in [-0.3, -0.25) is 0 Å². The number of benzene rings is 2. The van der Waals surface area contributed by atoms with Crippen LogP contribution >= 0.6 is 22.7 Å². The first-order chi connectivity index (χ1) is 11.8. The molecule has 0 spiro atoms. The van der Waals surface area contributed by atoms with Crippen molar-refractivity contribution >= 4 is 42.8 Å². The quantitative estimate of drug-likeness (QED) is 0.342. The van der Waals surface area contributed by atoms with E-state index in [0.29, 0.717) is 0 Å². The van der Waals surface area contributed by atoms with Gasteiger partial charge >= 0.3 is 0 Å². The van der Waals surface area contributed by atoms with Crippen LogP contribution in [-0.4, -0.2) is 0 Å². The number of aryl methyl sites for hydroxylation is 2. The molecule has 0 saturated carbocycles. The predicted octanol–water partition coefficient (Wildman–Crippen LogP) is 7.95. The van der Waals surface area contributed by atoms with Crippen LogP contribution in [-0.2, 0) is 12.8 Å². The van der Waals surface area contributed by atoms with Crippen LogP contribution in [0.4, 0.5) is 0 Å². The minimum atomic E-state index is 1.14. The fourth-order valence-corrected chi connectivity index (χ4v) is 4.57. The van der Waals surface area contributed by atoms with Gasteiger partial charge in [0.2, 0.25) is 0 Å². The minimum absolute atomic E-state index is 1.14. The zero-order valence-corrected chi connectivity index (χ0v) is 16.6. The molecule has 24 heavy (non-hydrogen) atoms. The Bertz CT molecular complexity index is 826. The van der Waals surface area contributed by atoms with Crippen molar-refractivity contribution in [2.24, 2.45) is 0 Å². The Hall–Kier alpha value is -1.64. The van der Waals surface area contributed by atoms with Gasteiger partial charge in [0.1, 0.15) is 0 Å². The average molecular weight is 355 g/mol. The number of thiophene rings is 2. The van der Waals surface area contributed by atoms with Gasteiger partial charge in [0, 0.05) is 14.3 Å². The molecule has 0 saturated heterocycles. The lowest BCUT2D eigenvalue weighted by Gasteiger charge is -1.90. The Kier molecular flexibility index (Phi) is 7.48. The largest absolute Gasteiger partial charge is 0.144 e. The van der Waals surface area contributed by atoms with Crippen molar-refractivity contribution in [1.82, 2.24) is 0 Å². The maximum atomic E-state index is 2.28. The molecule has 0 aliphatic heterocycles. The van der Waals surface area contributed by atoms with Crippen molar-refractivity contribution in [2.75, 3.05) is 0 Å². The molecule has 0 aliphatic rings. The first kappa shape index (κ1) is 18.7. The van der Waals surface area contributed by atoms with Gasteiger partial charge < -0.3 is 0 Å². The van der Waals surface area contributed by atoms with Crippen molar-refractivity contribution in [3.63, 3.8) is 0 Å². The third-order valence-corrected chi connectivity index (χ3v) is 6.04. The van der Waals surface area contributed by atoms with Crippen LogP contribution in [0, 0.1) is 0 Å². The summed E-state index contributed by atoms with van der Waals surface area (Å²) in [5.41, 5.74) is 1.48. The lowest BCUT2D eigenvalue weighted by atomic mass is 10.1. The molecule has 2 heteroatoms. The summed E-state index contributed by atoms with van der Waals surface area (Å²) in [5, 5.41) is 5.07. The highest BCUT2D eigenvalue weighted by molar-refractivity contribution is 7.19. The molecule has 4 rings (SSSR count). The Morgan fingerprint density at radius 1 is 0.792 bits per heavy atom. The van der Waals surface area contributed by atoms with E-state index in [-0.39, 0.29) is 0 Å². The molecule has 4 aromatic rings. The van der Waals surface area contributed by atoms with Crippen molar-refractivity contribution in [3.05, 3.63) is 70.4 Å². The summed E-state index contributed by atoms with van der Waals surface area (Å²) in [4.78, 5) is 1.48. The Morgan fingerprint density at radius 3 is 2.12 bits per heavy atom. The Balaban J connectivity index is 0.000000158. The monoisotopic (exact) mass is 354 g/mol. The minimum Gasteiger partial charge on any atom is -0.144 e. The Labute approximate surface area is 153 Å². The highest BCUT2D eigenvalue weighted by Crippen LogP contribution is 2.26. The highest BCUT2D eigenvalue weighted by Gasteiger charge is 1.99. The van der Waals surface area contributed by atoms with E-state index in [1.807, 2.05) is 36.5 Å². The van der Waals surface area contributed by atoms with Gasteiger partial charge in [-0.05, 0) is 52.8 Å². The van der Waals surface area contributed by atoms with Gasteiger partial charge in [-0.15, -0.1) is 22.7 Å². The highest BCUT2D eigenvalue weighted by atomic mass is 32.1. The van der Waals surface area contributed by atoms with Crippen LogP contribution in [0.3, 0.4) is 0 Å². The number of hydrogen-bond donors (Lipinski definition) is 0. The zero-order valence-electron chi connectivity index (χ0n) is 15.0. The van der Waals surface area contributed by atoms with Crippen LogP contribution in [0.5, 0.6) is 0 Å². The van der Waals surface area contributed by atoms with E-state index >= 15 is 0 Å². The molecule has 0 atom stereocenters. The van der Waals surface area contributed by atoms with Crippen molar-refractivity contribution in [3.8, 4) is 0 Å². The van der Waals surface area contributed by atoms with Gasteiger partial charge in [0.25, 0.3) is 0 Å². The van der Waals surface area contributed by atoms with Crippen LogP contribution in [0.25, 0.3) is 20.2 Å². The molecule has 0 nitrogen and oxygen atoms in total. The second-order valence-electron chi connectivity index (χ2n) is 5.21. The fourth-order valence-electron chi connectivity index (χ4n) is 2.52. The summed E-state index contributed by atoms with van der Waals surface area (Å²) < 4.78 is 2.81. The fraction of sp³-hybridized carbons (Fsp3) is 0.273. The summed E-state index contributed by atoms with van der Waals surface area (Å²) in [5.74, 6) is 0.